The van der Waals surface area contributed by atoms with Gasteiger partial charge < -0.3 is 15.8 Å². The van der Waals surface area contributed by atoms with Crippen LogP contribution in [0.2, 0.25) is 0 Å². The lowest BCUT2D eigenvalue weighted by atomic mass is 10.1. The third-order valence-electron chi connectivity index (χ3n) is 3.67. The average molecular weight is 316 g/mol. The highest BCUT2D eigenvalue weighted by molar-refractivity contribution is 5.69. The van der Waals surface area contributed by atoms with Crippen LogP contribution in [0.5, 0.6) is 0 Å². The van der Waals surface area contributed by atoms with Gasteiger partial charge in [0, 0.05) is 6.42 Å². The smallest absolute Gasteiger partial charge is 0.307 e. The summed E-state index contributed by atoms with van der Waals surface area (Å²) in [6, 6.07) is 0. The summed E-state index contributed by atoms with van der Waals surface area (Å²) in [7, 11) is 0. The Hall–Kier alpha value is -0.650. The summed E-state index contributed by atoms with van der Waals surface area (Å²) in [6.45, 7) is 4.75. The fraction of sp³-hybridized carbons (Fsp3) is 0.941. The zero-order valence-corrected chi connectivity index (χ0v) is 14.4. The van der Waals surface area contributed by atoms with Gasteiger partial charge >= 0.3 is 5.97 Å². The fourth-order valence-corrected chi connectivity index (χ4v) is 2.29. The Balaban J connectivity index is 3.34. The predicted octanol–water partition coefficient (Wildman–Crippen LogP) is 2.67. The average Bonchev–Trinajstić information content (AvgIpc) is 2.50. The summed E-state index contributed by atoms with van der Waals surface area (Å²) in [5, 5.41) is 3.28. The van der Waals surface area contributed by atoms with E-state index in [9.17, 15) is 4.79 Å². The summed E-state index contributed by atoms with van der Waals surface area (Å²) in [4.78, 5) is 11.6. The summed E-state index contributed by atoms with van der Waals surface area (Å²) in [5.74, 6) is -0.155. The first-order chi connectivity index (χ1) is 10.7. The van der Waals surface area contributed by atoms with E-state index in [2.05, 4.69) is 12.2 Å². The highest BCUT2D eigenvalue weighted by Crippen LogP contribution is 2.09. The van der Waals surface area contributed by atoms with Gasteiger partial charge in [-0.2, -0.15) is 0 Å². The molecule has 5 heteroatoms. The highest BCUT2D eigenvalue weighted by atomic mass is 16.6. The van der Waals surface area contributed by atoms with Crippen LogP contribution in [0.3, 0.4) is 0 Å². The molecule has 0 aromatic carbocycles. The second kappa shape index (κ2) is 16.7. The number of ether oxygens (including phenoxy) is 1. The van der Waals surface area contributed by atoms with Crippen molar-refractivity contribution in [1.29, 1.82) is 0 Å². The standard InChI is InChI=1S/C17H37N3O2/c1-2-3-4-5-6-7-8-12-17(21)22-16(19)11-9-14-20-15-10-13-18/h16,20H,2-15,18-19H2,1H3. The maximum absolute atomic E-state index is 11.6. The Morgan fingerprint density at radius 2 is 1.64 bits per heavy atom. The number of nitrogens with two attached hydrogens (primary N) is 2. The Morgan fingerprint density at radius 1 is 1.00 bits per heavy atom. The molecule has 5 nitrogen and oxygen atoms in total. The molecule has 1 atom stereocenters. The van der Waals surface area contributed by atoms with E-state index >= 15 is 0 Å². The van der Waals surface area contributed by atoms with Crippen LogP contribution in [0.25, 0.3) is 0 Å². The zero-order chi connectivity index (χ0) is 16.5. The molecule has 0 aromatic heterocycles. The number of hydrogen-bond acceptors (Lipinski definition) is 5. The van der Waals surface area contributed by atoms with Crippen molar-refractivity contribution < 1.29 is 9.53 Å². The summed E-state index contributed by atoms with van der Waals surface area (Å²) >= 11 is 0. The molecule has 22 heavy (non-hydrogen) atoms. The van der Waals surface area contributed by atoms with Crippen LogP contribution >= 0.6 is 0 Å². The molecule has 0 aliphatic heterocycles. The normalized spacial score (nSPS) is 12.3. The number of unbranched alkanes of at least 4 members (excludes halogenated alkanes) is 6. The van der Waals surface area contributed by atoms with Gasteiger partial charge in [-0.3, -0.25) is 10.5 Å². The third-order valence-corrected chi connectivity index (χ3v) is 3.67. The molecular weight excluding hydrogens is 278 g/mol. The molecule has 0 bridgehead atoms. The van der Waals surface area contributed by atoms with Crippen molar-refractivity contribution in [1.82, 2.24) is 5.32 Å². The quantitative estimate of drug-likeness (QED) is 0.231. The third kappa shape index (κ3) is 15.7. The fourth-order valence-electron chi connectivity index (χ4n) is 2.29. The van der Waals surface area contributed by atoms with E-state index in [1.807, 2.05) is 0 Å². The minimum atomic E-state index is -0.464. The van der Waals surface area contributed by atoms with E-state index < -0.39 is 6.23 Å². The molecule has 0 amide bonds. The van der Waals surface area contributed by atoms with E-state index in [4.69, 9.17) is 16.2 Å². The molecule has 5 N–H and O–H groups in total. The van der Waals surface area contributed by atoms with Crippen LogP contribution in [0, 0.1) is 0 Å². The van der Waals surface area contributed by atoms with Gasteiger partial charge in [-0.15, -0.1) is 0 Å². The number of nitrogens with one attached hydrogen (secondary N) is 1. The van der Waals surface area contributed by atoms with Crippen LogP contribution in [-0.4, -0.2) is 31.8 Å². The molecule has 0 fully saturated rings. The molecule has 0 saturated carbocycles. The predicted molar refractivity (Wildman–Crippen MR) is 92.5 cm³/mol. The van der Waals surface area contributed by atoms with Crippen LogP contribution in [0.4, 0.5) is 0 Å². The second-order valence-electron chi connectivity index (χ2n) is 5.93. The number of carbonyl (C=O) groups excluding carboxylic acids is 1. The van der Waals surface area contributed by atoms with Crippen LogP contribution in [0.15, 0.2) is 0 Å². The molecular formula is C17H37N3O2. The van der Waals surface area contributed by atoms with Gasteiger partial charge in [0.05, 0.1) is 0 Å². The van der Waals surface area contributed by atoms with Crippen molar-refractivity contribution in [3.63, 3.8) is 0 Å². The largest absolute Gasteiger partial charge is 0.447 e. The highest BCUT2D eigenvalue weighted by Gasteiger charge is 2.09. The molecule has 0 rings (SSSR count). The van der Waals surface area contributed by atoms with Crippen LogP contribution < -0.4 is 16.8 Å². The Labute approximate surface area is 136 Å². The van der Waals surface area contributed by atoms with Gasteiger partial charge in [0.15, 0.2) is 6.23 Å². The first-order valence-electron chi connectivity index (χ1n) is 9.06. The van der Waals surface area contributed by atoms with Crippen molar-refractivity contribution in [2.45, 2.75) is 83.8 Å². The van der Waals surface area contributed by atoms with Gasteiger partial charge in [-0.25, -0.2) is 0 Å². The molecule has 0 saturated heterocycles. The zero-order valence-electron chi connectivity index (χ0n) is 14.4. The van der Waals surface area contributed by atoms with Crippen LogP contribution in [-0.2, 0) is 9.53 Å². The van der Waals surface area contributed by atoms with Gasteiger partial charge in [-0.1, -0.05) is 45.4 Å². The lowest BCUT2D eigenvalue weighted by molar-refractivity contribution is -0.149. The monoisotopic (exact) mass is 315 g/mol. The van der Waals surface area contributed by atoms with Gasteiger partial charge in [0.2, 0.25) is 0 Å². The summed E-state index contributed by atoms with van der Waals surface area (Å²) in [6.07, 6.45) is 11.1. The van der Waals surface area contributed by atoms with Gasteiger partial charge in [0.1, 0.15) is 0 Å². The number of esters is 1. The SMILES string of the molecule is CCCCCCCCCC(=O)OC(N)CCCNCCCN. The first-order valence-corrected chi connectivity index (χ1v) is 9.06. The lowest BCUT2D eigenvalue weighted by Crippen LogP contribution is -2.28. The van der Waals surface area contributed by atoms with Crippen molar-refractivity contribution in [3.05, 3.63) is 0 Å². The van der Waals surface area contributed by atoms with Gasteiger partial charge in [0.25, 0.3) is 0 Å². The topological polar surface area (TPSA) is 90.4 Å². The van der Waals surface area contributed by atoms with Crippen LogP contribution in [0.1, 0.15) is 77.6 Å². The van der Waals surface area contributed by atoms with Crippen molar-refractivity contribution in [2.24, 2.45) is 11.5 Å². The van der Waals surface area contributed by atoms with E-state index in [-0.39, 0.29) is 5.97 Å². The maximum atomic E-state index is 11.6. The molecule has 0 heterocycles. The number of hydrogen-bond donors (Lipinski definition) is 3. The van der Waals surface area contributed by atoms with E-state index in [1.165, 1.54) is 32.1 Å². The number of rotatable bonds is 16. The molecule has 0 aliphatic carbocycles. The van der Waals surface area contributed by atoms with Crippen molar-refractivity contribution >= 4 is 5.97 Å². The Kier molecular flexibility index (Phi) is 16.2. The Bertz CT molecular complexity index is 250. The molecule has 0 radical (unpaired) electrons. The van der Waals surface area contributed by atoms with Crippen molar-refractivity contribution in [2.75, 3.05) is 19.6 Å². The van der Waals surface area contributed by atoms with E-state index in [0.29, 0.717) is 19.4 Å². The first kappa shape index (κ1) is 21.4. The maximum Gasteiger partial charge on any atom is 0.307 e. The van der Waals surface area contributed by atoms with E-state index in [1.54, 1.807) is 0 Å². The molecule has 0 spiro atoms. The molecule has 1 unspecified atom stereocenters. The van der Waals surface area contributed by atoms with E-state index in [0.717, 1.165) is 38.8 Å². The number of carbonyl (C=O) groups is 1. The summed E-state index contributed by atoms with van der Waals surface area (Å²) < 4.78 is 5.21. The minimum Gasteiger partial charge on any atom is -0.447 e. The molecule has 132 valence electrons. The second-order valence-corrected chi connectivity index (χ2v) is 5.93. The summed E-state index contributed by atoms with van der Waals surface area (Å²) in [5.41, 5.74) is 11.2. The lowest BCUT2D eigenvalue weighted by Gasteiger charge is -2.13. The minimum absolute atomic E-state index is 0.155. The molecule has 0 aliphatic rings. The van der Waals surface area contributed by atoms with Crippen molar-refractivity contribution in [3.8, 4) is 0 Å². The Morgan fingerprint density at radius 3 is 2.32 bits per heavy atom. The van der Waals surface area contributed by atoms with Gasteiger partial charge in [-0.05, 0) is 45.3 Å². The molecule has 0 aromatic rings.